The number of hydrogen-bond acceptors (Lipinski definition) is 1. The molecule has 1 N–H and O–H groups in total. The minimum Gasteiger partial charge on any atom is -0.147 e. The van der Waals surface area contributed by atoms with Crippen molar-refractivity contribution in [1.29, 1.82) is 0 Å². The fraction of sp³-hybridized carbons (Fsp3) is 0.692. The predicted molar refractivity (Wildman–Crippen MR) is 91.0 cm³/mol. The molecule has 18 heavy (non-hydrogen) atoms. The van der Waals surface area contributed by atoms with Crippen molar-refractivity contribution in [2.45, 2.75) is 55.3 Å². The van der Waals surface area contributed by atoms with Crippen molar-refractivity contribution in [3.8, 4) is 0 Å². The van der Waals surface area contributed by atoms with Gasteiger partial charge in [0.2, 0.25) is 0 Å². The summed E-state index contributed by atoms with van der Waals surface area (Å²) in [7, 11) is 2.22. The molecule has 0 atom stereocenters. The Morgan fingerprint density at radius 2 is 1.61 bits per heavy atom. The first-order chi connectivity index (χ1) is 6.78. The van der Waals surface area contributed by atoms with Crippen molar-refractivity contribution in [2.24, 2.45) is 0 Å². The molecule has 110 valence electrons. The molecule has 0 spiro atoms. The van der Waals surface area contributed by atoms with Crippen LogP contribution < -0.4 is 3.80 Å². The monoisotopic (exact) mass is 347 g/mol. The summed E-state index contributed by atoms with van der Waals surface area (Å²) in [5.74, 6) is 0. The van der Waals surface area contributed by atoms with Gasteiger partial charge in [-0.1, -0.05) is 0 Å². The van der Waals surface area contributed by atoms with E-state index in [2.05, 4.69) is 69.2 Å². The molecule has 0 unspecified atom stereocenters. The van der Waals surface area contributed by atoms with Crippen LogP contribution in [-0.4, -0.2) is 13.2 Å². The van der Waals surface area contributed by atoms with Gasteiger partial charge in [0.15, 0.2) is 0 Å². The Labute approximate surface area is 129 Å². The smallest absolute Gasteiger partial charge is 0.147 e. The van der Waals surface area contributed by atoms with Gasteiger partial charge in [0.25, 0.3) is 0 Å². The zero-order valence-corrected chi connectivity index (χ0v) is 17.6. The van der Waals surface area contributed by atoms with Gasteiger partial charge in [0, 0.05) is 0 Å². The molecule has 0 fully saturated rings. The maximum Gasteiger partial charge on any atom is -0.147 e. The summed E-state index contributed by atoms with van der Waals surface area (Å²) in [6, 6.07) is 0. The molecule has 1 nitrogen and oxygen atoms in total. The van der Waals surface area contributed by atoms with Gasteiger partial charge in [0.1, 0.15) is 0 Å². The van der Waals surface area contributed by atoms with E-state index < -0.39 is 14.3 Å². The second kappa shape index (κ2) is 7.66. The Morgan fingerprint density at radius 3 is 1.89 bits per heavy atom. The molecule has 0 heterocycles. The van der Waals surface area contributed by atoms with E-state index >= 15 is 0 Å². The Morgan fingerprint density at radius 1 is 1.22 bits per heavy atom. The van der Waals surface area contributed by atoms with E-state index in [1.54, 1.807) is 0 Å². The average Bonchev–Trinajstić information content (AvgIpc) is 1.70. The quantitative estimate of drug-likeness (QED) is 0.586. The first kappa shape index (κ1) is 24.0. The third-order valence-electron chi connectivity index (χ3n) is 2.14. The third kappa shape index (κ3) is 13.4. The van der Waals surface area contributed by atoms with Crippen molar-refractivity contribution >= 4 is 32.4 Å². The minimum absolute atomic E-state index is 0. The van der Waals surface area contributed by atoms with Crippen LogP contribution in [0.5, 0.6) is 0 Å². The van der Waals surface area contributed by atoms with Crippen LogP contribution in [0, 0.1) is 0 Å². The number of hydrogen-bond donors (Lipinski definition) is 1. The molecular formula is C13H31Cl2NSiTi. The van der Waals surface area contributed by atoms with Crippen LogP contribution in [-0.2, 0) is 14.3 Å². The van der Waals surface area contributed by atoms with Crippen LogP contribution >= 0.6 is 24.8 Å². The second-order valence-electron chi connectivity index (χ2n) is 7.41. The Hall–Kier alpha value is 0.951. The van der Waals surface area contributed by atoms with Gasteiger partial charge in [-0.2, -0.15) is 0 Å². The Bertz CT molecular complexity index is 375. The van der Waals surface area contributed by atoms with Crippen LogP contribution in [0.25, 0.3) is 0 Å². The summed E-state index contributed by atoms with van der Waals surface area (Å²) >= 11 is -2.47. The maximum absolute atomic E-state index is 3.95. The molecule has 0 aromatic carbocycles. The van der Waals surface area contributed by atoms with Gasteiger partial charge in [-0.25, -0.2) is 0 Å². The first-order valence-corrected chi connectivity index (χ1v) is 15.0. The fourth-order valence-electron chi connectivity index (χ4n) is 2.69. The Kier molecular flexibility index (Phi) is 10.2. The van der Waals surface area contributed by atoms with E-state index in [9.17, 15) is 0 Å². The van der Waals surface area contributed by atoms with Crippen LogP contribution in [0.2, 0.25) is 15.2 Å². The van der Waals surface area contributed by atoms with Crippen molar-refractivity contribution < 1.29 is 14.3 Å². The topological polar surface area (TPSA) is 12.0 Å². The largest absolute Gasteiger partial charge is 0.147 e. The van der Waals surface area contributed by atoms with Crippen LogP contribution in [0.15, 0.2) is 23.8 Å². The fourth-order valence-corrected chi connectivity index (χ4v) is 13.6. The van der Waals surface area contributed by atoms with Crippen LogP contribution in [0.3, 0.4) is 0 Å². The van der Waals surface area contributed by atoms with E-state index in [0.29, 0.717) is 0 Å². The van der Waals surface area contributed by atoms with E-state index in [1.165, 1.54) is 10.3 Å². The summed E-state index contributed by atoms with van der Waals surface area (Å²) in [6.07, 6.45) is 2.22. The summed E-state index contributed by atoms with van der Waals surface area (Å²) in [6.45, 7) is 15.0. The van der Waals surface area contributed by atoms with Gasteiger partial charge < -0.3 is 0 Å². The standard InChI is InChI=1S/C7H11.C4H10N.2CH3.2ClH.H2Si.Ti/c1-6(2)5-7(3)4;1-4(2,3)5;;;;;;/h5H,1,3H2,2,4H3;5H,1-3H3;2*1H3;2*1H;1H2;/q;-1;;;;;;+1. The SMILES string of the molecule is C=C(C)C=C(C)[CH2][Ti]([CH3])([CH3])(=[SiH2])[NH]C(C)(C)C.Cl.Cl. The summed E-state index contributed by atoms with van der Waals surface area (Å²) in [4.78, 5) is 0. The molecule has 5 heteroatoms. The number of nitrogens with one attached hydrogen (secondary N) is 1. The van der Waals surface area contributed by atoms with Gasteiger partial charge in [-0.15, -0.1) is 24.8 Å². The molecule has 0 saturated heterocycles. The van der Waals surface area contributed by atoms with E-state index in [0.717, 1.165) is 5.57 Å². The van der Waals surface area contributed by atoms with E-state index in [1.807, 2.05) is 0 Å². The first-order valence-electron chi connectivity index (χ1n) is 5.99. The molecule has 0 saturated carbocycles. The molecule has 0 rings (SSSR count). The summed E-state index contributed by atoms with van der Waals surface area (Å²) < 4.78 is 5.13. The van der Waals surface area contributed by atoms with Gasteiger partial charge in [-0.05, 0) is 0 Å². The molecule has 0 bridgehead atoms. The molecule has 0 aliphatic heterocycles. The molecule has 0 aliphatic rings. The molecule has 0 aromatic rings. The van der Waals surface area contributed by atoms with Gasteiger partial charge in [-0.3, -0.25) is 0 Å². The normalized spacial score (nSPS) is 13.4. The number of allylic oxidation sites excluding steroid dienone is 3. The maximum atomic E-state index is 3.95. The van der Waals surface area contributed by atoms with Gasteiger partial charge in [0.05, 0.1) is 0 Å². The van der Waals surface area contributed by atoms with E-state index in [4.69, 9.17) is 0 Å². The molecule has 0 aromatic heterocycles. The average molecular weight is 348 g/mol. The molecule has 0 radical (unpaired) electrons. The van der Waals surface area contributed by atoms with Crippen LogP contribution in [0.1, 0.15) is 34.6 Å². The second-order valence-corrected chi connectivity index (χ2v) is 27.1. The predicted octanol–water partition coefficient (Wildman–Crippen LogP) is 4.41. The molecular weight excluding hydrogens is 317 g/mol. The summed E-state index contributed by atoms with van der Waals surface area (Å²) in [5.41, 5.74) is 2.83. The zero-order valence-electron chi connectivity index (χ0n) is 13.0. The molecule has 0 aliphatic carbocycles. The van der Waals surface area contributed by atoms with Crippen molar-refractivity contribution in [3.05, 3.63) is 23.8 Å². The van der Waals surface area contributed by atoms with Crippen LogP contribution in [0.4, 0.5) is 0 Å². The van der Waals surface area contributed by atoms with Crippen molar-refractivity contribution in [2.75, 3.05) is 0 Å². The Balaban J connectivity index is -0.00000112. The number of halogens is 2. The molecule has 0 amide bonds. The van der Waals surface area contributed by atoms with Crippen molar-refractivity contribution in [3.63, 3.8) is 0 Å². The third-order valence-corrected chi connectivity index (χ3v) is 9.05. The minimum atomic E-state index is -2.47. The number of rotatable bonds is 4. The van der Waals surface area contributed by atoms with E-state index in [-0.39, 0.29) is 30.4 Å². The van der Waals surface area contributed by atoms with Gasteiger partial charge >= 0.3 is 105 Å². The van der Waals surface area contributed by atoms with Crippen molar-refractivity contribution in [1.82, 2.24) is 3.80 Å². The zero-order chi connectivity index (χ0) is 13.2. The summed E-state index contributed by atoms with van der Waals surface area (Å²) in [5, 5.41) is 4.94.